The largest absolute Gasteiger partial charge is 0.377 e. The Labute approximate surface area is 56.8 Å². The Bertz CT molecular complexity index is 41.4. The van der Waals surface area contributed by atoms with Crippen molar-refractivity contribution in [3.8, 4) is 0 Å². The van der Waals surface area contributed by atoms with Crippen molar-refractivity contribution in [2.24, 2.45) is 5.73 Å². The zero-order valence-corrected chi connectivity index (χ0v) is 6.20. The molecule has 0 aromatic heterocycles. The number of nitrogens with two attached hydrogens (primary N) is 1. The van der Waals surface area contributed by atoms with Crippen molar-refractivity contribution >= 4 is 12.4 Å². The topological polar surface area (TPSA) is 35.2 Å². The van der Waals surface area contributed by atoms with Crippen LogP contribution < -0.4 is 5.73 Å². The number of halogens is 1. The van der Waals surface area contributed by atoms with Gasteiger partial charge in [0, 0.05) is 6.54 Å². The molecule has 0 amide bonds. The van der Waals surface area contributed by atoms with E-state index in [1.165, 1.54) is 0 Å². The average molecular weight is 140 g/mol. The third kappa shape index (κ3) is 9.51. The van der Waals surface area contributed by atoms with Crippen molar-refractivity contribution < 1.29 is 4.74 Å². The van der Waals surface area contributed by atoms with Gasteiger partial charge in [-0.1, -0.05) is 0 Å². The summed E-state index contributed by atoms with van der Waals surface area (Å²) in [5.74, 6) is 0. The predicted molar refractivity (Wildman–Crippen MR) is 37.4 cm³/mol. The molecular weight excluding hydrogens is 126 g/mol. The lowest BCUT2D eigenvalue weighted by Gasteiger charge is -2.03. The minimum atomic E-state index is 0. The highest BCUT2D eigenvalue weighted by molar-refractivity contribution is 5.85. The summed E-state index contributed by atoms with van der Waals surface area (Å²) >= 11 is 0. The lowest BCUT2D eigenvalue weighted by molar-refractivity contribution is 0.0851. The van der Waals surface area contributed by atoms with Crippen molar-refractivity contribution in [3.05, 3.63) is 0 Å². The molecule has 0 aliphatic rings. The fourth-order valence-electron chi connectivity index (χ4n) is 0.304. The summed E-state index contributed by atoms with van der Waals surface area (Å²) in [6.45, 7) is 5.29. The highest BCUT2D eigenvalue weighted by Crippen LogP contribution is 1.83. The smallest absolute Gasteiger partial charge is 0.0592 e. The maximum absolute atomic E-state index is 5.15. The average Bonchev–Trinajstić information content (AvgIpc) is 1.61. The van der Waals surface area contributed by atoms with Gasteiger partial charge in [0.15, 0.2) is 0 Å². The molecular formula is C5H14ClNO. The van der Waals surface area contributed by atoms with Crippen LogP contribution in [0.5, 0.6) is 0 Å². The van der Waals surface area contributed by atoms with Crippen molar-refractivity contribution in [3.63, 3.8) is 0 Å². The first kappa shape index (κ1) is 11.1. The van der Waals surface area contributed by atoms with Gasteiger partial charge in [0.2, 0.25) is 0 Å². The van der Waals surface area contributed by atoms with Crippen LogP contribution in [-0.2, 0) is 4.74 Å². The first-order valence-electron chi connectivity index (χ1n) is 2.59. The van der Waals surface area contributed by atoms with E-state index >= 15 is 0 Å². The predicted octanol–water partition coefficient (Wildman–Crippen LogP) is 0.792. The molecule has 0 unspecified atom stereocenters. The summed E-state index contributed by atoms with van der Waals surface area (Å²) in [6, 6.07) is 0. The van der Waals surface area contributed by atoms with Crippen LogP contribution in [-0.4, -0.2) is 19.3 Å². The van der Waals surface area contributed by atoms with Gasteiger partial charge in [-0.15, -0.1) is 12.4 Å². The van der Waals surface area contributed by atoms with E-state index in [-0.39, 0.29) is 12.4 Å². The molecule has 0 aromatic carbocycles. The van der Waals surface area contributed by atoms with Gasteiger partial charge in [0.25, 0.3) is 0 Å². The normalized spacial score (nSPS) is 9.00. The van der Waals surface area contributed by atoms with Crippen molar-refractivity contribution in [2.75, 3.05) is 13.2 Å². The van der Waals surface area contributed by atoms with Crippen LogP contribution in [0.15, 0.2) is 0 Å². The van der Waals surface area contributed by atoms with Gasteiger partial charge in [-0.2, -0.15) is 0 Å². The summed E-state index contributed by atoms with van der Waals surface area (Å²) in [5, 5.41) is 0. The van der Waals surface area contributed by atoms with Gasteiger partial charge in [0.05, 0.1) is 12.7 Å². The molecule has 0 rings (SSSR count). The molecule has 0 atom stereocenters. The van der Waals surface area contributed by atoms with E-state index < -0.39 is 0 Å². The van der Waals surface area contributed by atoms with Crippen molar-refractivity contribution in [2.45, 2.75) is 20.0 Å². The standard InChI is InChI=1S/C5H13NO.ClH/c1-5(2)7-4-3-6;/h5H,3-4,6H2,1-2H3;1H. The molecule has 0 saturated heterocycles. The Balaban J connectivity index is 0. The van der Waals surface area contributed by atoms with Crippen LogP contribution in [0, 0.1) is 0 Å². The molecule has 0 aliphatic heterocycles. The first-order chi connectivity index (χ1) is 3.27. The Morgan fingerprint density at radius 2 is 2.00 bits per heavy atom. The number of hydrogen-bond donors (Lipinski definition) is 1. The zero-order valence-electron chi connectivity index (χ0n) is 5.39. The number of rotatable bonds is 3. The Hall–Kier alpha value is 0.210. The van der Waals surface area contributed by atoms with Crippen LogP contribution >= 0.6 is 12.4 Å². The third-order valence-corrected chi connectivity index (χ3v) is 0.569. The molecule has 0 bridgehead atoms. The second-order valence-corrected chi connectivity index (χ2v) is 1.71. The van der Waals surface area contributed by atoms with Crippen LogP contribution in [0.25, 0.3) is 0 Å². The van der Waals surface area contributed by atoms with Crippen molar-refractivity contribution in [1.82, 2.24) is 0 Å². The molecule has 0 aromatic rings. The maximum atomic E-state index is 5.15. The number of ether oxygens (including phenoxy) is 1. The molecule has 8 heavy (non-hydrogen) atoms. The van der Waals surface area contributed by atoms with Crippen LogP contribution in [0.1, 0.15) is 13.8 Å². The second kappa shape index (κ2) is 7.21. The minimum absolute atomic E-state index is 0. The van der Waals surface area contributed by atoms with Crippen LogP contribution in [0.3, 0.4) is 0 Å². The highest BCUT2D eigenvalue weighted by atomic mass is 35.5. The summed E-state index contributed by atoms with van der Waals surface area (Å²) in [6.07, 6.45) is 0.323. The van der Waals surface area contributed by atoms with Crippen molar-refractivity contribution in [1.29, 1.82) is 0 Å². The lowest BCUT2D eigenvalue weighted by atomic mass is 10.5. The SMILES string of the molecule is CC(C)OCCN.Cl. The molecule has 3 heteroatoms. The van der Waals surface area contributed by atoms with E-state index in [2.05, 4.69) is 0 Å². The van der Waals surface area contributed by atoms with Gasteiger partial charge in [-0.3, -0.25) is 0 Å². The fraction of sp³-hybridized carbons (Fsp3) is 1.00. The van der Waals surface area contributed by atoms with Gasteiger partial charge >= 0.3 is 0 Å². The molecule has 0 spiro atoms. The molecule has 2 nitrogen and oxygen atoms in total. The molecule has 52 valence electrons. The van der Waals surface area contributed by atoms with E-state index in [0.717, 1.165) is 0 Å². The Morgan fingerprint density at radius 1 is 1.50 bits per heavy atom. The monoisotopic (exact) mass is 139 g/mol. The van der Waals surface area contributed by atoms with E-state index in [0.29, 0.717) is 19.3 Å². The number of hydrogen-bond acceptors (Lipinski definition) is 2. The summed E-state index contributed by atoms with van der Waals surface area (Å²) < 4.78 is 5.07. The quantitative estimate of drug-likeness (QED) is 0.628. The fourth-order valence-corrected chi connectivity index (χ4v) is 0.304. The molecule has 0 aliphatic carbocycles. The molecule has 2 N–H and O–H groups in total. The molecule has 0 fully saturated rings. The molecule has 0 heterocycles. The summed E-state index contributed by atoms with van der Waals surface area (Å²) in [7, 11) is 0. The van der Waals surface area contributed by atoms with Gasteiger partial charge < -0.3 is 10.5 Å². The Morgan fingerprint density at radius 3 is 2.12 bits per heavy atom. The van der Waals surface area contributed by atoms with Gasteiger partial charge in [-0.25, -0.2) is 0 Å². The zero-order chi connectivity index (χ0) is 5.70. The van der Waals surface area contributed by atoms with E-state index in [1.807, 2.05) is 13.8 Å². The first-order valence-corrected chi connectivity index (χ1v) is 2.59. The summed E-state index contributed by atoms with van der Waals surface area (Å²) in [4.78, 5) is 0. The second-order valence-electron chi connectivity index (χ2n) is 1.71. The minimum Gasteiger partial charge on any atom is -0.377 e. The molecule has 0 saturated carbocycles. The van der Waals surface area contributed by atoms with Gasteiger partial charge in [0.1, 0.15) is 0 Å². The van der Waals surface area contributed by atoms with Crippen LogP contribution in [0.2, 0.25) is 0 Å². The van der Waals surface area contributed by atoms with Crippen LogP contribution in [0.4, 0.5) is 0 Å². The molecule has 0 radical (unpaired) electrons. The van der Waals surface area contributed by atoms with E-state index in [4.69, 9.17) is 10.5 Å². The van der Waals surface area contributed by atoms with Gasteiger partial charge in [-0.05, 0) is 13.8 Å². The maximum Gasteiger partial charge on any atom is 0.0592 e. The van der Waals surface area contributed by atoms with E-state index in [1.54, 1.807) is 0 Å². The highest BCUT2D eigenvalue weighted by Gasteiger charge is 1.87. The Kier molecular flexibility index (Phi) is 9.97. The third-order valence-electron chi connectivity index (χ3n) is 0.569. The lowest BCUT2D eigenvalue weighted by Crippen LogP contribution is -2.12. The summed E-state index contributed by atoms with van der Waals surface area (Å²) in [5.41, 5.74) is 5.15. The van der Waals surface area contributed by atoms with E-state index in [9.17, 15) is 0 Å².